The van der Waals surface area contributed by atoms with E-state index in [9.17, 15) is 0 Å². The Balaban J connectivity index is 1.40. The molecule has 1 fully saturated rings. The Hall–Kier alpha value is -2.73. The Morgan fingerprint density at radius 1 is 0.889 bits per heavy atom. The van der Waals surface area contributed by atoms with E-state index in [1.165, 1.54) is 16.7 Å². The molecule has 6 heteroatoms. The second kappa shape index (κ2) is 7.48. The van der Waals surface area contributed by atoms with Crippen molar-refractivity contribution in [3.05, 3.63) is 65.2 Å². The molecule has 1 aromatic carbocycles. The van der Waals surface area contributed by atoms with Gasteiger partial charge in [0.2, 0.25) is 0 Å². The third-order valence-electron chi connectivity index (χ3n) is 5.18. The lowest BCUT2D eigenvalue weighted by Gasteiger charge is -2.35. The molecular formula is C21H26N6. The Labute approximate surface area is 160 Å². The van der Waals surface area contributed by atoms with Crippen molar-refractivity contribution >= 4 is 5.82 Å². The molecule has 0 N–H and O–H groups in total. The van der Waals surface area contributed by atoms with Crippen molar-refractivity contribution in [1.29, 1.82) is 0 Å². The number of nitrogens with zero attached hydrogens (tertiary/aromatic N) is 6. The molecule has 4 rings (SSSR count). The average molecular weight is 362 g/mol. The molecule has 27 heavy (non-hydrogen) atoms. The van der Waals surface area contributed by atoms with Crippen LogP contribution in [0.15, 0.2) is 42.9 Å². The number of benzene rings is 1. The third kappa shape index (κ3) is 4.01. The van der Waals surface area contributed by atoms with E-state index in [-0.39, 0.29) is 0 Å². The molecule has 1 aliphatic rings. The Kier molecular flexibility index (Phi) is 4.90. The zero-order chi connectivity index (χ0) is 18.8. The molecule has 0 amide bonds. The minimum Gasteiger partial charge on any atom is -0.354 e. The van der Waals surface area contributed by atoms with Crippen LogP contribution in [0.1, 0.15) is 22.4 Å². The lowest BCUT2D eigenvalue weighted by Crippen LogP contribution is -2.46. The summed E-state index contributed by atoms with van der Waals surface area (Å²) in [6.45, 7) is 11.4. The summed E-state index contributed by atoms with van der Waals surface area (Å²) in [4.78, 5) is 13.7. The second-order valence-electron chi connectivity index (χ2n) is 7.33. The molecule has 0 spiro atoms. The summed E-state index contributed by atoms with van der Waals surface area (Å²) in [5.74, 6) is 1.78. The highest BCUT2D eigenvalue weighted by molar-refractivity contribution is 5.43. The SMILES string of the molecule is Cc1ccc(CN2CCN(c3cc(-n4ccc(C)n4)ncn3)CC2)c(C)c1. The van der Waals surface area contributed by atoms with E-state index < -0.39 is 0 Å². The number of anilines is 1. The predicted octanol–water partition coefficient (Wildman–Crippen LogP) is 2.91. The molecule has 0 unspecified atom stereocenters. The van der Waals surface area contributed by atoms with Gasteiger partial charge in [0.1, 0.15) is 12.1 Å². The maximum absolute atomic E-state index is 4.48. The molecule has 2 aromatic heterocycles. The first-order valence-corrected chi connectivity index (χ1v) is 9.46. The number of hydrogen-bond donors (Lipinski definition) is 0. The predicted molar refractivity (Wildman–Crippen MR) is 107 cm³/mol. The third-order valence-corrected chi connectivity index (χ3v) is 5.18. The van der Waals surface area contributed by atoms with E-state index in [1.807, 2.05) is 25.3 Å². The van der Waals surface area contributed by atoms with Crippen LogP contribution in [0, 0.1) is 20.8 Å². The first-order valence-electron chi connectivity index (χ1n) is 9.46. The van der Waals surface area contributed by atoms with Crippen molar-refractivity contribution in [2.75, 3.05) is 31.1 Å². The average Bonchev–Trinajstić information content (AvgIpc) is 3.11. The van der Waals surface area contributed by atoms with Gasteiger partial charge in [-0.2, -0.15) is 5.10 Å². The summed E-state index contributed by atoms with van der Waals surface area (Å²) in [5.41, 5.74) is 5.11. The van der Waals surface area contributed by atoms with Crippen molar-refractivity contribution < 1.29 is 0 Å². The van der Waals surface area contributed by atoms with Crippen LogP contribution in [0.25, 0.3) is 5.82 Å². The normalized spacial score (nSPS) is 15.3. The monoisotopic (exact) mass is 362 g/mol. The number of hydrogen-bond acceptors (Lipinski definition) is 5. The van der Waals surface area contributed by atoms with Crippen LogP contribution < -0.4 is 4.90 Å². The molecule has 0 atom stereocenters. The molecule has 1 aliphatic heterocycles. The number of piperazine rings is 1. The highest BCUT2D eigenvalue weighted by Gasteiger charge is 2.19. The number of rotatable bonds is 4. The van der Waals surface area contributed by atoms with E-state index in [0.29, 0.717) is 0 Å². The minimum atomic E-state index is 0.811. The largest absolute Gasteiger partial charge is 0.354 e. The van der Waals surface area contributed by atoms with Crippen molar-refractivity contribution in [3.8, 4) is 5.82 Å². The van der Waals surface area contributed by atoms with Gasteiger partial charge in [-0.25, -0.2) is 14.6 Å². The molecule has 3 aromatic rings. The molecule has 0 aliphatic carbocycles. The number of aromatic nitrogens is 4. The second-order valence-corrected chi connectivity index (χ2v) is 7.33. The smallest absolute Gasteiger partial charge is 0.158 e. The van der Waals surface area contributed by atoms with Crippen molar-refractivity contribution in [3.63, 3.8) is 0 Å². The van der Waals surface area contributed by atoms with E-state index in [2.05, 4.69) is 56.9 Å². The van der Waals surface area contributed by atoms with Gasteiger partial charge in [0, 0.05) is 45.0 Å². The zero-order valence-electron chi connectivity index (χ0n) is 16.3. The van der Waals surface area contributed by atoms with E-state index in [0.717, 1.165) is 50.1 Å². The van der Waals surface area contributed by atoms with Gasteiger partial charge >= 0.3 is 0 Å². The molecule has 0 saturated carbocycles. The lowest BCUT2D eigenvalue weighted by atomic mass is 10.1. The van der Waals surface area contributed by atoms with Crippen LogP contribution in [0.3, 0.4) is 0 Å². The Bertz CT molecular complexity index is 924. The van der Waals surface area contributed by atoms with Crippen LogP contribution in [-0.4, -0.2) is 50.8 Å². The van der Waals surface area contributed by atoms with Crippen molar-refractivity contribution in [2.24, 2.45) is 0 Å². The molecule has 140 valence electrons. The maximum atomic E-state index is 4.48. The summed E-state index contributed by atoms with van der Waals surface area (Å²) in [5, 5.41) is 4.44. The quantitative estimate of drug-likeness (QED) is 0.714. The van der Waals surface area contributed by atoms with Gasteiger partial charge in [-0.15, -0.1) is 0 Å². The van der Waals surface area contributed by atoms with Gasteiger partial charge in [-0.3, -0.25) is 4.90 Å². The van der Waals surface area contributed by atoms with Gasteiger partial charge in [-0.1, -0.05) is 23.8 Å². The summed E-state index contributed by atoms with van der Waals surface area (Å²) in [6.07, 6.45) is 3.56. The summed E-state index contributed by atoms with van der Waals surface area (Å²) in [7, 11) is 0. The van der Waals surface area contributed by atoms with Gasteiger partial charge in [0.25, 0.3) is 0 Å². The summed E-state index contributed by atoms with van der Waals surface area (Å²) >= 11 is 0. The molecule has 6 nitrogen and oxygen atoms in total. The molecule has 0 bridgehead atoms. The first-order chi connectivity index (χ1) is 13.1. The Morgan fingerprint density at radius 3 is 2.37 bits per heavy atom. The van der Waals surface area contributed by atoms with E-state index in [4.69, 9.17) is 0 Å². The fraction of sp³-hybridized carbons (Fsp3) is 0.381. The summed E-state index contributed by atoms with van der Waals surface area (Å²) in [6, 6.07) is 10.7. The molecule has 3 heterocycles. The minimum absolute atomic E-state index is 0.811. The van der Waals surface area contributed by atoms with Crippen LogP contribution in [0.2, 0.25) is 0 Å². The molecular weight excluding hydrogens is 336 g/mol. The highest BCUT2D eigenvalue weighted by Crippen LogP contribution is 2.18. The maximum Gasteiger partial charge on any atom is 0.158 e. The van der Waals surface area contributed by atoms with E-state index in [1.54, 1.807) is 11.0 Å². The van der Waals surface area contributed by atoms with E-state index >= 15 is 0 Å². The fourth-order valence-electron chi connectivity index (χ4n) is 3.58. The zero-order valence-corrected chi connectivity index (χ0v) is 16.3. The van der Waals surface area contributed by atoms with Crippen LogP contribution in [-0.2, 0) is 6.54 Å². The van der Waals surface area contributed by atoms with Crippen molar-refractivity contribution in [1.82, 2.24) is 24.6 Å². The van der Waals surface area contributed by atoms with Gasteiger partial charge in [-0.05, 0) is 38.0 Å². The van der Waals surface area contributed by atoms with Crippen molar-refractivity contribution in [2.45, 2.75) is 27.3 Å². The highest BCUT2D eigenvalue weighted by atomic mass is 15.3. The van der Waals surface area contributed by atoms with Gasteiger partial charge in [0.15, 0.2) is 5.82 Å². The topological polar surface area (TPSA) is 50.1 Å². The Morgan fingerprint density at radius 2 is 1.67 bits per heavy atom. The van der Waals surface area contributed by atoms with Crippen LogP contribution in [0.4, 0.5) is 5.82 Å². The van der Waals surface area contributed by atoms with Crippen LogP contribution in [0.5, 0.6) is 0 Å². The standard InChI is InChI=1S/C21H26N6/c1-16-4-5-19(17(2)12-16)14-25-8-10-26(11-9-25)20-13-21(23-15-22-20)27-7-6-18(3)24-27/h4-7,12-13,15H,8-11,14H2,1-3H3. The van der Waals surface area contributed by atoms with Gasteiger partial charge in [0.05, 0.1) is 5.69 Å². The molecule has 1 saturated heterocycles. The summed E-state index contributed by atoms with van der Waals surface area (Å²) < 4.78 is 1.80. The fourth-order valence-corrected chi connectivity index (χ4v) is 3.58. The van der Waals surface area contributed by atoms with Crippen LogP contribution >= 0.6 is 0 Å². The first kappa shape index (κ1) is 17.7. The number of aryl methyl sites for hydroxylation is 3. The lowest BCUT2D eigenvalue weighted by molar-refractivity contribution is 0.249. The van der Waals surface area contributed by atoms with Gasteiger partial charge < -0.3 is 4.90 Å². The molecule has 0 radical (unpaired) electrons.